The molecule has 260 valence electrons. The minimum atomic E-state index is -0.737. The van der Waals surface area contributed by atoms with Crippen molar-refractivity contribution in [2.24, 2.45) is 5.92 Å². The lowest BCUT2D eigenvalue weighted by molar-refractivity contribution is -0.156. The van der Waals surface area contributed by atoms with Crippen molar-refractivity contribution in [3.05, 3.63) is 96.1 Å². The van der Waals surface area contributed by atoms with Gasteiger partial charge in [-0.3, -0.25) is 19.2 Å². The molecule has 10 heteroatoms. The summed E-state index contributed by atoms with van der Waals surface area (Å²) in [4.78, 5) is 60.8. The fraction of sp³-hybridized carbons (Fsp3) is 0.436. The normalized spacial score (nSPS) is 20.7. The number of rotatable bonds is 11. The summed E-state index contributed by atoms with van der Waals surface area (Å²) in [5.41, 5.74) is 4.25. The number of hydrogen-bond acceptors (Lipinski definition) is 5. The minimum Gasteiger partial charge on any atom is -0.343 e. The molecule has 0 aromatic heterocycles. The zero-order chi connectivity index (χ0) is 33.6. The first-order valence-corrected chi connectivity index (χ1v) is 17.4. The number of fused-ring (bicyclic) bond motifs is 1. The summed E-state index contributed by atoms with van der Waals surface area (Å²) in [6.07, 6.45) is 5.25. The Morgan fingerprint density at radius 1 is 0.837 bits per heavy atom. The SMILES string of the molecule is CN[C@@H](C)C(=O)N[C@H](C(=O)N1CC(=O)N2[C@@H]1CN(CCc1ccccc1)C(=O)[C@@H]2Cc1ccc(-c2ccccc2)cc1)C1CCCCC1.Cl. The Morgan fingerprint density at radius 2 is 1.47 bits per heavy atom. The second-order valence-corrected chi connectivity index (χ2v) is 13.4. The number of nitrogens with one attached hydrogen (secondary N) is 2. The second-order valence-electron chi connectivity index (χ2n) is 13.4. The number of benzene rings is 3. The van der Waals surface area contributed by atoms with Gasteiger partial charge >= 0.3 is 0 Å². The zero-order valence-corrected chi connectivity index (χ0v) is 29.2. The predicted octanol–water partition coefficient (Wildman–Crippen LogP) is 4.44. The van der Waals surface area contributed by atoms with Crippen molar-refractivity contribution in [1.29, 1.82) is 0 Å². The van der Waals surface area contributed by atoms with Gasteiger partial charge in [-0.15, -0.1) is 12.4 Å². The van der Waals surface area contributed by atoms with Gasteiger partial charge in [0.05, 0.1) is 12.6 Å². The molecule has 9 nitrogen and oxygen atoms in total. The Morgan fingerprint density at radius 3 is 2.12 bits per heavy atom. The van der Waals surface area contributed by atoms with E-state index in [2.05, 4.69) is 22.8 Å². The number of halogens is 1. The Labute approximate surface area is 295 Å². The number of carbonyl (C=O) groups excluding carboxylic acids is 4. The van der Waals surface area contributed by atoms with E-state index in [9.17, 15) is 19.2 Å². The van der Waals surface area contributed by atoms with Crippen molar-refractivity contribution in [2.45, 2.75) is 76.2 Å². The molecule has 49 heavy (non-hydrogen) atoms. The van der Waals surface area contributed by atoms with E-state index >= 15 is 0 Å². The van der Waals surface area contributed by atoms with Gasteiger partial charge in [0.25, 0.3) is 0 Å². The fourth-order valence-electron chi connectivity index (χ4n) is 7.48. The van der Waals surface area contributed by atoms with Gasteiger partial charge in [-0.25, -0.2) is 0 Å². The highest BCUT2D eigenvalue weighted by atomic mass is 35.5. The Bertz CT molecular complexity index is 1580. The number of amides is 4. The van der Waals surface area contributed by atoms with E-state index in [0.29, 0.717) is 19.4 Å². The van der Waals surface area contributed by atoms with Gasteiger partial charge in [0, 0.05) is 13.0 Å². The molecule has 2 aliphatic heterocycles. The van der Waals surface area contributed by atoms with Crippen LogP contribution in [0.1, 0.15) is 50.2 Å². The maximum absolute atomic E-state index is 14.5. The quantitative estimate of drug-likeness (QED) is 0.311. The highest BCUT2D eigenvalue weighted by molar-refractivity contribution is 5.97. The second kappa shape index (κ2) is 16.5. The zero-order valence-electron chi connectivity index (χ0n) is 28.4. The minimum absolute atomic E-state index is 0. The van der Waals surface area contributed by atoms with E-state index < -0.39 is 24.3 Å². The fourth-order valence-corrected chi connectivity index (χ4v) is 7.48. The molecule has 4 amide bonds. The summed E-state index contributed by atoms with van der Waals surface area (Å²) in [7, 11) is 1.72. The van der Waals surface area contributed by atoms with E-state index in [0.717, 1.165) is 54.4 Å². The van der Waals surface area contributed by atoms with Gasteiger partial charge in [-0.1, -0.05) is 104 Å². The first-order chi connectivity index (χ1) is 23.3. The first kappa shape index (κ1) is 36.1. The lowest BCUT2D eigenvalue weighted by Crippen LogP contribution is -2.66. The number of piperazine rings is 1. The van der Waals surface area contributed by atoms with Crippen LogP contribution in [-0.4, -0.2) is 89.3 Å². The molecule has 3 fully saturated rings. The van der Waals surface area contributed by atoms with E-state index in [1.165, 1.54) is 0 Å². The average Bonchev–Trinajstić information content (AvgIpc) is 3.47. The van der Waals surface area contributed by atoms with Crippen LogP contribution < -0.4 is 10.6 Å². The maximum atomic E-state index is 14.5. The third kappa shape index (κ3) is 8.16. The van der Waals surface area contributed by atoms with Crippen molar-refractivity contribution in [2.75, 3.05) is 26.7 Å². The summed E-state index contributed by atoms with van der Waals surface area (Å²) in [5, 5.41) is 6.03. The van der Waals surface area contributed by atoms with Gasteiger partial charge in [0.2, 0.25) is 23.6 Å². The highest BCUT2D eigenvalue weighted by Gasteiger charge is 2.52. The third-order valence-electron chi connectivity index (χ3n) is 10.4. The van der Waals surface area contributed by atoms with Crippen LogP contribution in [0, 0.1) is 5.92 Å². The molecule has 3 aromatic carbocycles. The number of likely N-dealkylation sites (N-methyl/N-ethyl adjacent to an activating group) is 1. The van der Waals surface area contributed by atoms with Crippen LogP contribution in [0.25, 0.3) is 11.1 Å². The summed E-state index contributed by atoms with van der Waals surface area (Å²) in [5.74, 6) is -0.794. The van der Waals surface area contributed by atoms with E-state index in [-0.39, 0.29) is 55.0 Å². The molecule has 0 bridgehead atoms. The van der Waals surface area contributed by atoms with Crippen molar-refractivity contribution < 1.29 is 19.2 Å². The lowest BCUT2D eigenvalue weighted by Gasteiger charge is -2.45. The molecule has 1 aliphatic carbocycles. The summed E-state index contributed by atoms with van der Waals surface area (Å²) in [6, 6.07) is 26.4. The Kier molecular flexibility index (Phi) is 12.1. The van der Waals surface area contributed by atoms with Gasteiger partial charge in [0.15, 0.2) is 0 Å². The Hall–Kier alpha value is -4.21. The topological polar surface area (TPSA) is 102 Å². The standard InChI is InChI=1S/C39H47N5O4.ClH/c1-27(40-2)37(46)41-36(32-16-10-5-11-17-32)39(48)43-26-35(45)44-33(24-29-18-20-31(21-19-29)30-14-8-4-9-15-30)38(47)42(25-34(43)44)23-22-28-12-6-3-7-13-28;/h3-4,6-9,12-15,18-21,27,32-34,36,40H,5,10-11,16-17,22-26H2,1-2H3,(H,41,46);1H/t27-,33-,34+,36-;/m0./s1. The van der Waals surface area contributed by atoms with Crippen LogP contribution in [0.3, 0.4) is 0 Å². The molecule has 3 aliphatic rings. The van der Waals surface area contributed by atoms with Crippen LogP contribution in [0.2, 0.25) is 0 Å². The predicted molar refractivity (Wildman–Crippen MR) is 193 cm³/mol. The van der Waals surface area contributed by atoms with Crippen LogP contribution in [0.4, 0.5) is 0 Å². The molecular formula is C39H48ClN5O4. The van der Waals surface area contributed by atoms with E-state index in [1.54, 1.807) is 23.8 Å². The van der Waals surface area contributed by atoms with Crippen LogP contribution in [0.5, 0.6) is 0 Å². The molecular weight excluding hydrogens is 638 g/mol. The third-order valence-corrected chi connectivity index (χ3v) is 10.4. The van der Waals surface area contributed by atoms with E-state index in [1.807, 2.05) is 77.7 Å². The molecule has 2 saturated heterocycles. The summed E-state index contributed by atoms with van der Waals surface area (Å²) < 4.78 is 0. The van der Waals surface area contributed by atoms with Crippen molar-refractivity contribution in [3.8, 4) is 11.1 Å². The van der Waals surface area contributed by atoms with Gasteiger partial charge < -0.3 is 25.3 Å². The monoisotopic (exact) mass is 685 g/mol. The van der Waals surface area contributed by atoms with E-state index in [4.69, 9.17) is 0 Å². The molecule has 0 radical (unpaired) electrons. The molecule has 2 N–H and O–H groups in total. The number of carbonyl (C=O) groups is 4. The smallest absolute Gasteiger partial charge is 0.247 e. The first-order valence-electron chi connectivity index (χ1n) is 17.4. The van der Waals surface area contributed by atoms with Crippen LogP contribution in [0.15, 0.2) is 84.9 Å². The number of nitrogens with zero attached hydrogens (tertiary/aromatic N) is 3. The van der Waals surface area contributed by atoms with Gasteiger partial charge in [-0.2, -0.15) is 0 Å². The van der Waals surface area contributed by atoms with Gasteiger partial charge in [-0.05, 0) is 61.4 Å². The molecule has 3 aromatic rings. The maximum Gasteiger partial charge on any atom is 0.247 e. The molecule has 4 atom stereocenters. The van der Waals surface area contributed by atoms with Gasteiger partial charge in [0.1, 0.15) is 24.8 Å². The summed E-state index contributed by atoms with van der Waals surface area (Å²) in [6.45, 7) is 2.39. The summed E-state index contributed by atoms with van der Waals surface area (Å²) >= 11 is 0. The van der Waals surface area contributed by atoms with Crippen molar-refractivity contribution >= 4 is 36.0 Å². The molecule has 2 heterocycles. The molecule has 6 rings (SSSR count). The largest absolute Gasteiger partial charge is 0.343 e. The Balaban J connectivity index is 0.00000468. The number of hydrogen-bond donors (Lipinski definition) is 2. The van der Waals surface area contributed by atoms with Crippen LogP contribution in [-0.2, 0) is 32.0 Å². The molecule has 0 unspecified atom stereocenters. The lowest BCUT2D eigenvalue weighted by atomic mass is 9.83. The van der Waals surface area contributed by atoms with Crippen LogP contribution >= 0.6 is 12.4 Å². The average molecular weight is 686 g/mol. The molecule has 0 spiro atoms. The van der Waals surface area contributed by atoms with Crippen molar-refractivity contribution in [3.63, 3.8) is 0 Å². The van der Waals surface area contributed by atoms with Crippen molar-refractivity contribution in [1.82, 2.24) is 25.3 Å². The highest BCUT2D eigenvalue weighted by Crippen LogP contribution is 2.33. The molecule has 1 saturated carbocycles.